The Hall–Kier alpha value is -3.66. The fraction of sp³-hybridized carbons (Fsp3) is 0.462. The van der Waals surface area contributed by atoms with E-state index in [2.05, 4.69) is 34.4 Å². The quantitative estimate of drug-likeness (QED) is 0.551. The number of piperidine rings is 1. The maximum atomic E-state index is 13.1. The van der Waals surface area contributed by atoms with Crippen LogP contribution in [0.5, 0.6) is 17.2 Å². The van der Waals surface area contributed by atoms with Crippen LogP contribution in [0.3, 0.4) is 0 Å². The molecule has 3 aliphatic heterocycles. The number of amides is 1. The number of rotatable bonds is 4. The molecule has 36 heavy (non-hydrogen) atoms. The Balaban J connectivity index is 1.36. The molecule has 3 aromatic rings. The molecule has 0 radical (unpaired) electrons. The number of hydrogen-bond donors (Lipinski definition) is 0. The number of likely N-dealkylation sites (N-methyl/N-ethyl adjacent to an activating group) is 1. The molecule has 0 aliphatic carbocycles. The van der Waals surface area contributed by atoms with Crippen LogP contribution in [-0.4, -0.2) is 76.0 Å². The fourth-order valence-corrected chi connectivity index (χ4v) is 5.62. The first-order valence-corrected chi connectivity index (χ1v) is 12.5. The molecule has 0 saturated carbocycles. The third-order valence-corrected chi connectivity index (χ3v) is 7.56. The number of methoxy groups -OCH3 is 1. The van der Waals surface area contributed by atoms with Crippen molar-refractivity contribution in [3.05, 3.63) is 52.8 Å². The van der Waals surface area contributed by atoms with Gasteiger partial charge in [0, 0.05) is 30.3 Å². The molecule has 6 rings (SSSR count). The lowest BCUT2D eigenvalue weighted by Gasteiger charge is -2.34. The summed E-state index contributed by atoms with van der Waals surface area (Å²) in [4.78, 5) is 17.3. The Morgan fingerprint density at radius 1 is 1.14 bits per heavy atom. The Kier molecular flexibility index (Phi) is 5.75. The molecule has 2 atom stereocenters. The van der Waals surface area contributed by atoms with E-state index in [-0.39, 0.29) is 24.8 Å². The molecule has 0 bridgehead atoms. The summed E-state index contributed by atoms with van der Waals surface area (Å²) >= 11 is 0. The fourth-order valence-electron chi connectivity index (χ4n) is 5.62. The van der Waals surface area contributed by atoms with Crippen LogP contribution in [0.4, 0.5) is 0 Å². The zero-order valence-corrected chi connectivity index (χ0v) is 20.8. The van der Waals surface area contributed by atoms with Crippen molar-refractivity contribution < 1.29 is 19.0 Å². The van der Waals surface area contributed by atoms with Crippen molar-refractivity contribution in [2.75, 3.05) is 34.0 Å². The average Bonchev–Trinajstić information content (AvgIpc) is 3.57. The molecule has 188 valence electrons. The van der Waals surface area contributed by atoms with Crippen molar-refractivity contribution in [2.45, 2.75) is 44.7 Å². The van der Waals surface area contributed by atoms with Crippen LogP contribution < -0.4 is 14.2 Å². The van der Waals surface area contributed by atoms with Crippen molar-refractivity contribution in [3.8, 4) is 22.9 Å². The second-order valence-electron chi connectivity index (χ2n) is 9.69. The molecule has 4 heterocycles. The Labute approximate surface area is 209 Å². The molecule has 2 aromatic carbocycles. The number of tetrazole rings is 1. The van der Waals surface area contributed by atoms with Crippen molar-refractivity contribution in [3.63, 3.8) is 0 Å². The molecular formula is C26H30N6O4. The van der Waals surface area contributed by atoms with Gasteiger partial charge in [-0.25, -0.2) is 0 Å². The highest BCUT2D eigenvalue weighted by Gasteiger charge is 2.37. The van der Waals surface area contributed by atoms with E-state index in [0.29, 0.717) is 28.6 Å². The summed E-state index contributed by atoms with van der Waals surface area (Å²) in [6.45, 7) is 3.94. The smallest absolute Gasteiger partial charge is 0.254 e. The second-order valence-corrected chi connectivity index (χ2v) is 9.69. The summed E-state index contributed by atoms with van der Waals surface area (Å²) in [7, 11) is 3.70. The first-order valence-electron chi connectivity index (χ1n) is 12.5. The van der Waals surface area contributed by atoms with Gasteiger partial charge in [-0.1, -0.05) is 0 Å². The lowest BCUT2D eigenvalue weighted by Crippen LogP contribution is -2.42. The Morgan fingerprint density at radius 2 is 1.97 bits per heavy atom. The summed E-state index contributed by atoms with van der Waals surface area (Å²) in [6.07, 6.45) is 4.14. The second kappa shape index (κ2) is 9.09. The molecule has 10 nitrogen and oxygen atoms in total. The first-order chi connectivity index (χ1) is 17.6. The van der Waals surface area contributed by atoms with E-state index in [0.717, 1.165) is 49.2 Å². The van der Waals surface area contributed by atoms with Gasteiger partial charge in [-0.2, -0.15) is 4.68 Å². The first kappa shape index (κ1) is 22.8. The summed E-state index contributed by atoms with van der Waals surface area (Å²) in [5.74, 6) is 2.72. The normalized spacial score (nSPS) is 21.4. The highest BCUT2D eigenvalue weighted by molar-refractivity contribution is 5.94. The number of carbonyl (C=O) groups excluding carboxylic acids is 1. The Morgan fingerprint density at radius 3 is 2.75 bits per heavy atom. The highest BCUT2D eigenvalue weighted by atomic mass is 16.7. The molecule has 1 amide bonds. The number of nitrogens with zero attached hydrogens (tertiary/aromatic N) is 6. The average molecular weight is 491 g/mol. The van der Waals surface area contributed by atoms with Gasteiger partial charge in [-0.3, -0.25) is 9.69 Å². The monoisotopic (exact) mass is 490 g/mol. The van der Waals surface area contributed by atoms with E-state index in [1.807, 2.05) is 35.2 Å². The maximum Gasteiger partial charge on any atom is 0.254 e. The van der Waals surface area contributed by atoms with Crippen LogP contribution in [0.25, 0.3) is 5.69 Å². The van der Waals surface area contributed by atoms with E-state index in [4.69, 9.17) is 14.2 Å². The number of fused-ring (bicyclic) bond motifs is 2. The van der Waals surface area contributed by atoms with Gasteiger partial charge in [0.25, 0.3) is 5.91 Å². The van der Waals surface area contributed by atoms with Gasteiger partial charge >= 0.3 is 0 Å². The summed E-state index contributed by atoms with van der Waals surface area (Å²) < 4.78 is 18.9. The van der Waals surface area contributed by atoms with Crippen molar-refractivity contribution in [2.24, 2.45) is 0 Å². The molecule has 0 unspecified atom stereocenters. The third-order valence-electron chi connectivity index (χ3n) is 7.56. The van der Waals surface area contributed by atoms with E-state index < -0.39 is 0 Å². The van der Waals surface area contributed by atoms with Crippen molar-refractivity contribution >= 4 is 5.91 Å². The van der Waals surface area contributed by atoms with Crippen LogP contribution >= 0.6 is 0 Å². The van der Waals surface area contributed by atoms with Gasteiger partial charge in [0.1, 0.15) is 6.04 Å². The predicted molar refractivity (Wildman–Crippen MR) is 131 cm³/mol. The van der Waals surface area contributed by atoms with Gasteiger partial charge < -0.3 is 19.1 Å². The van der Waals surface area contributed by atoms with E-state index >= 15 is 0 Å². The number of ether oxygens (including phenoxy) is 3. The number of aromatic nitrogens is 4. The SMILES string of the molecule is COc1c2c(cc3c1[C@@H](c1nnnn1-c1ccc(C(=O)N4CCCC[C@@H]4C)cc1)N(C)CC3)OCO2. The van der Waals surface area contributed by atoms with E-state index in [9.17, 15) is 4.79 Å². The predicted octanol–water partition coefficient (Wildman–Crippen LogP) is 2.99. The standard InChI is InChI=1S/C26H30N6O4/c1-16-6-4-5-12-31(16)26(33)17-7-9-19(10-8-17)32-25(27-28-29-32)22-21-18(11-13-30(22)2)14-20-23(24(21)34-3)36-15-35-20/h7-10,14,16,22H,4-6,11-13,15H2,1-3H3/t16-,22-/m0/s1. The minimum atomic E-state index is -0.247. The zero-order valence-electron chi connectivity index (χ0n) is 20.8. The number of hydrogen-bond acceptors (Lipinski definition) is 8. The van der Waals surface area contributed by atoms with Gasteiger partial charge in [0.15, 0.2) is 17.3 Å². The van der Waals surface area contributed by atoms with Crippen molar-refractivity contribution in [1.82, 2.24) is 30.0 Å². The molecule has 1 saturated heterocycles. The summed E-state index contributed by atoms with van der Waals surface area (Å²) in [6, 6.07) is 9.60. The zero-order chi connectivity index (χ0) is 24.8. The Bertz CT molecular complexity index is 1290. The van der Waals surface area contributed by atoms with Crippen LogP contribution in [0.1, 0.15) is 59.5 Å². The van der Waals surface area contributed by atoms with E-state index in [1.165, 1.54) is 6.42 Å². The van der Waals surface area contributed by atoms with Crippen LogP contribution in [-0.2, 0) is 6.42 Å². The number of likely N-dealkylation sites (tertiary alicyclic amines) is 1. The van der Waals surface area contributed by atoms with Crippen molar-refractivity contribution in [1.29, 1.82) is 0 Å². The van der Waals surface area contributed by atoms with E-state index in [1.54, 1.807) is 11.8 Å². The summed E-state index contributed by atoms with van der Waals surface area (Å²) in [5.41, 5.74) is 3.58. The van der Waals surface area contributed by atoms with Gasteiger partial charge in [0.05, 0.1) is 12.8 Å². The molecule has 1 fully saturated rings. The van der Waals surface area contributed by atoms with Gasteiger partial charge in [-0.15, -0.1) is 5.10 Å². The molecule has 1 aromatic heterocycles. The van der Waals surface area contributed by atoms with Gasteiger partial charge in [-0.05, 0) is 86.0 Å². The van der Waals surface area contributed by atoms with Crippen LogP contribution in [0.2, 0.25) is 0 Å². The minimum absolute atomic E-state index is 0.0763. The number of carbonyl (C=O) groups is 1. The third kappa shape index (κ3) is 3.67. The maximum absolute atomic E-state index is 13.1. The molecule has 0 spiro atoms. The van der Waals surface area contributed by atoms with Crippen LogP contribution in [0.15, 0.2) is 30.3 Å². The lowest BCUT2D eigenvalue weighted by molar-refractivity contribution is 0.0635. The molecular weight excluding hydrogens is 460 g/mol. The molecule has 3 aliphatic rings. The largest absolute Gasteiger partial charge is 0.492 e. The highest BCUT2D eigenvalue weighted by Crippen LogP contribution is 2.50. The minimum Gasteiger partial charge on any atom is -0.492 e. The summed E-state index contributed by atoms with van der Waals surface area (Å²) in [5, 5.41) is 12.8. The molecule has 0 N–H and O–H groups in total. The topological polar surface area (TPSA) is 94.8 Å². The molecule has 10 heteroatoms. The van der Waals surface area contributed by atoms with Gasteiger partial charge in [0.2, 0.25) is 12.5 Å². The lowest BCUT2D eigenvalue weighted by atomic mass is 9.90. The number of benzene rings is 2. The van der Waals surface area contributed by atoms with Crippen LogP contribution in [0, 0.1) is 0 Å².